The van der Waals surface area contributed by atoms with Gasteiger partial charge >= 0.3 is 6.09 Å². The van der Waals surface area contributed by atoms with Gasteiger partial charge in [-0.05, 0) is 54.0 Å². The Morgan fingerprint density at radius 1 is 1.23 bits per heavy atom. The van der Waals surface area contributed by atoms with Crippen molar-refractivity contribution in [2.45, 2.75) is 45.6 Å². The maximum atomic E-state index is 13.0. The van der Waals surface area contributed by atoms with E-state index >= 15 is 0 Å². The highest BCUT2D eigenvalue weighted by atomic mass is 32.1. The van der Waals surface area contributed by atoms with Crippen LogP contribution in [0.5, 0.6) is 0 Å². The Kier molecular flexibility index (Phi) is 6.85. The van der Waals surface area contributed by atoms with E-state index in [1.165, 1.54) is 0 Å². The second-order valence-corrected chi connectivity index (χ2v) is 10.7. The topological polar surface area (TPSA) is 119 Å². The molecule has 3 aromatic rings. The Morgan fingerprint density at radius 2 is 2.03 bits per heavy atom. The highest BCUT2D eigenvalue weighted by Crippen LogP contribution is 2.39. The smallest absolute Gasteiger partial charge is 0.407 e. The molecule has 2 atom stereocenters. The number of aromatic nitrogens is 2. The van der Waals surface area contributed by atoms with Crippen LogP contribution in [0.2, 0.25) is 0 Å². The van der Waals surface area contributed by atoms with Crippen LogP contribution in [0.4, 0.5) is 9.93 Å². The molecule has 0 spiro atoms. The minimum Gasteiger partial charge on any atom is -0.465 e. The highest BCUT2D eigenvalue weighted by molar-refractivity contribution is 7.16. The van der Waals surface area contributed by atoms with Gasteiger partial charge in [0.1, 0.15) is 16.6 Å². The Morgan fingerprint density at radius 3 is 2.69 bits per heavy atom. The van der Waals surface area contributed by atoms with Crippen LogP contribution in [-0.4, -0.2) is 44.6 Å². The van der Waals surface area contributed by atoms with Gasteiger partial charge in [-0.15, -0.1) is 0 Å². The predicted molar refractivity (Wildman–Crippen MR) is 134 cm³/mol. The summed E-state index contributed by atoms with van der Waals surface area (Å²) in [5, 5.41) is 22.3. The van der Waals surface area contributed by atoms with Crippen LogP contribution >= 0.6 is 11.3 Å². The van der Waals surface area contributed by atoms with Gasteiger partial charge in [-0.1, -0.05) is 50.3 Å². The first-order valence-corrected chi connectivity index (χ1v) is 12.2. The lowest BCUT2D eigenvalue weighted by molar-refractivity contribution is 0.0526. The van der Waals surface area contributed by atoms with Crippen LogP contribution in [0.3, 0.4) is 0 Å². The molecule has 0 bridgehead atoms. The molecule has 180 valence electrons. The van der Waals surface area contributed by atoms with E-state index < -0.39 is 6.09 Å². The summed E-state index contributed by atoms with van der Waals surface area (Å²) in [7, 11) is 0. The van der Waals surface area contributed by atoms with Gasteiger partial charge in [0.25, 0.3) is 5.91 Å². The van der Waals surface area contributed by atoms with Gasteiger partial charge in [0.2, 0.25) is 0 Å². The van der Waals surface area contributed by atoms with Crippen molar-refractivity contribution in [3.05, 3.63) is 64.7 Å². The number of carbonyl (C=O) groups excluding carboxylic acids is 1. The first-order valence-electron chi connectivity index (χ1n) is 11.4. The van der Waals surface area contributed by atoms with E-state index in [2.05, 4.69) is 42.1 Å². The minimum absolute atomic E-state index is 0.110. The Hall–Kier alpha value is -3.77. The van der Waals surface area contributed by atoms with Crippen molar-refractivity contribution in [1.29, 1.82) is 5.26 Å². The second-order valence-electron chi connectivity index (χ2n) is 9.68. The zero-order chi connectivity index (χ0) is 25.2. The van der Waals surface area contributed by atoms with Crippen molar-refractivity contribution in [3.63, 3.8) is 0 Å². The lowest BCUT2D eigenvalue weighted by Crippen LogP contribution is -2.51. The fourth-order valence-electron chi connectivity index (χ4n) is 4.55. The molecule has 2 aromatic heterocycles. The highest BCUT2D eigenvalue weighted by Gasteiger charge is 2.39. The number of nitrogens with one attached hydrogen (secondary N) is 1. The normalized spacial score (nSPS) is 18.1. The predicted octanol–water partition coefficient (Wildman–Crippen LogP) is 5.60. The average molecular weight is 490 g/mol. The van der Waals surface area contributed by atoms with E-state index in [0.717, 1.165) is 16.9 Å². The van der Waals surface area contributed by atoms with E-state index in [-0.39, 0.29) is 23.3 Å². The van der Waals surface area contributed by atoms with Gasteiger partial charge in [0, 0.05) is 24.3 Å². The zero-order valence-corrected chi connectivity index (χ0v) is 20.7. The van der Waals surface area contributed by atoms with Crippen molar-refractivity contribution in [2.75, 3.05) is 11.9 Å². The van der Waals surface area contributed by atoms with E-state index in [0.29, 0.717) is 46.3 Å². The third-order valence-electron chi connectivity index (χ3n) is 6.32. The number of amides is 2. The number of nitrogens with zero attached hydrogens (tertiary/aromatic N) is 4. The zero-order valence-electron chi connectivity index (χ0n) is 19.9. The largest absolute Gasteiger partial charge is 0.465 e. The third-order valence-corrected chi connectivity index (χ3v) is 7.20. The fraction of sp³-hybridized carbons (Fsp3) is 0.346. The molecule has 2 unspecified atom stereocenters. The maximum absolute atomic E-state index is 13.0. The quantitative estimate of drug-likeness (QED) is 0.492. The fourth-order valence-corrected chi connectivity index (χ4v) is 5.31. The van der Waals surface area contributed by atoms with Crippen LogP contribution in [0.25, 0.3) is 11.4 Å². The van der Waals surface area contributed by atoms with Crippen LogP contribution in [0.1, 0.15) is 60.3 Å². The number of piperidine rings is 1. The van der Waals surface area contributed by atoms with Gasteiger partial charge in [0.15, 0.2) is 5.13 Å². The number of pyridine rings is 1. The molecule has 1 aliphatic rings. The second kappa shape index (κ2) is 9.84. The molecule has 2 N–H and O–H groups in total. The van der Waals surface area contributed by atoms with Crippen molar-refractivity contribution in [2.24, 2.45) is 5.41 Å². The number of nitriles is 1. The number of thiazole rings is 1. The Balaban J connectivity index is 1.53. The molecule has 2 amide bonds. The lowest BCUT2D eigenvalue weighted by atomic mass is 9.75. The Labute approximate surface area is 208 Å². The number of likely N-dealkylation sites (tertiary alicyclic amines) is 1. The SMILES string of the molecule is CC(C)(C)C1CC(c2cccc(C(=O)Nc3nc(-c4ccccn4)c(C#N)s3)c2)CCN1C(=O)O. The summed E-state index contributed by atoms with van der Waals surface area (Å²) < 4.78 is 0. The number of hydrogen-bond donors (Lipinski definition) is 2. The summed E-state index contributed by atoms with van der Waals surface area (Å²) in [5.41, 5.74) is 2.33. The van der Waals surface area contributed by atoms with E-state index in [1.807, 2.05) is 24.3 Å². The summed E-state index contributed by atoms with van der Waals surface area (Å²) in [6, 6.07) is 14.8. The number of anilines is 1. The molecule has 8 nitrogen and oxygen atoms in total. The molecule has 1 saturated heterocycles. The van der Waals surface area contributed by atoms with Gasteiger partial charge < -0.3 is 10.0 Å². The molecule has 3 heterocycles. The molecular weight excluding hydrogens is 462 g/mol. The van der Waals surface area contributed by atoms with E-state index in [4.69, 9.17) is 0 Å². The Bertz CT molecular complexity index is 1280. The van der Waals surface area contributed by atoms with E-state index in [1.54, 1.807) is 29.3 Å². The van der Waals surface area contributed by atoms with Crippen LogP contribution in [0, 0.1) is 16.7 Å². The third kappa shape index (κ3) is 5.33. The molecule has 0 radical (unpaired) electrons. The molecule has 1 aromatic carbocycles. The molecule has 1 fully saturated rings. The van der Waals surface area contributed by atoms with Gasteiger partial charge in [-0.2, -0.15) is 5.26 Å². The summed E-state index contributed by atoms with van der Waals surface area (Å²) in [6.45, 7) is 6.64. The molecule has 4 rings (SSSR count). The molecular formula is C26H27N5O3S. The van der Waals surface area contributed by atoms with Crippen molar-refractivity contribution in [1.82, 2.24) is 14.9 Å². The van der Waals surface area contributed by atoms with Gasteiger partial charge in [-0.3, -0.25) is 15.1 Å². The average Bonchev–Trinajstić information content (AvgIpc) is 3.26. The maximum Gasteiger partial charge on any atom is 0.407 e. The number of rotatable bonds is 4. The summed E-state index contributed by atoms with van der Waals surface area (Å²) >= 11 is 1.11. The number of carboxylic acid groups (broad SMARTS) is 1. The lowest BCUT2D eigenvalue weighted by Gasteiger charge is -2.44. The molecule has 0 aliphatic carbocycles. The first-order chi connectivity index (χ1) is 16.7. The summed E-state index contributed by atoms with van der Waals surface area (Å²) in [4.78, 5) is 35.4. The number of carbonyl (C=O) groups is 2. The first kappa shape index (κ1) is 24.4. The molecule has 35 heavy (non-hydrogen) atoms. The van der Waals surface area contributed by atoms with Crippen LogP contribution in [-0.2, 0) is 0 Å². The molecule has 9 heteroatoms. The summed E-state index contributed by atoms with van der Waals surface area (Å²) in [6.07, 6.45) is 2.15. The van der Waals surface area contributed by atoms with Crippen LogP contribution < -0.4 is 5.32 Å². The molecule has 1 aliphatic heterocycles. The van der Waals surface area contributed by atoms with Crippen molar-refractivity contribution < 1.29 is 14.7 Å². The number of benzene rings is 1. The van der Waals surface area contributed by atoms with Crippen molar-refractivity contribution in [3.8, 4) is 17.5 Å². The van der Waals surface area contributed by atoms with Crippen molar-refractivity contribution >= 4 is 28.5 Å². The minimum atomic E-state index is -0.887. The summed E-state index contributed by atoms with van der Waals surface area (Å²) in [5.74, 6) is -0.156. The van der Waals surface area contributed by atoms with Gasteiger partial charge in [-0.25, -0.2) is 9.78 Å². The standard InChI is InChI=1S/C26H27N5O3S/c1-26(2,3)21-14-17(10-12-31(21)25(33)34)16-7-6-8-18(13-16)23(32)30-24-29-22(20(15-27)35-24)19-9-4-5-11-28-19/h4-9,11,13,17,21H,10,12,14H2,1-3H3,(H,33,34)(H,29,30,32). The van der Waals surface area contributed by atoms with E-state index in [9.17, 15) is 20.0 Å². The molecule has 0 saturated carbocycles. The van der Waals surface area contributed by atoms with Gasteiger partial charge in [0.05, 0.1) is 5.69 Å². The monoisotopic (exact) mass is 489 g/mol. The number of hydrogen-bond acceptors (Lipinski definition) is 6. The van der Waals surface area contributed by atoms with Crippen LogP contribution in [0.15, 0.2) is 48.7 Å².